The molecule has 1 heterocycles. The van der Waals surface area contributed by atoms with Gasteiger partial charge in [-0.1, -0.05) is 71.6 Å². The maximum atomic E-state index is 4.16. The fraction of sp³-hybridized carbons (Fsp3) is 0.944. The van der Waals surface area contributed by atoms with Crippen molar-refractivity contribution in [1.29, 1.82) is 0 Å². The number of hydrogen-bond acceptors (Lipinski definition) is 1. The monoisotopic (exact) mass is 266 g/mol. The number of likely N-dealkylation sites (tertiary alicyclic amines) is 1. The molecule has 0 aromatic carbocycles. The molecule has 1 rings (SSSR count). The summed E-state index contributed by atoms with van der Waals surface area (Å²) in [5.41, 5.74) is 0. The number of nitrogens with zero attached hydrogens (tertiary/aromatic N) is 1. The summed E-state index contributed by atoms with van der Waals surface area (Å²) < 4.78 is 0. The minimum Gasteiger partial charge on any atom is -0.303 e. The Morgan fingerprint density at radius 1 is 0.789 bits per heavy atom. The molecule has 0 atom stereocenters. The van der Waals surface area contributed by atoms with Crippen LogP contribution in [0.2, 0.25) is 0 Å². The molecular weight excluding hydrogens is 230 g/mol. The highest BCUT2D eigenvalue weighted by molar-refractivity contribution is 4.73. The molecule has 0 amide bonds. The third-order valence-electron chi connectivity index (χ3n) is 4.54. The average Bonchev–Trinajstić information content (AvgIpc) is 2.43. The van der Waals surface area contributed by atoms with E-state index in [9.17, 15) is 0 Å². The molecule has 0 spiro atoms. The molecule has 1 aliphatic heterocycles. The molecular formula is C18H36N. The lowest BCUT2D eigenvalue weighted by molar-refractivity contribution is 0.198. The zero-order valence-corrected chi connectivity index (χ0v) is 13.3. The average molecular weight is 266 g/mol. The Bertz CT molecular complexity index is 182. The number of piperidine rings is 1. The van der Waals surface area contributed by atoms with Crippen molar-refractivity contribution >= 4 is 0 Å². The highest BCUT2D eigenvalue weighted by Gasteiger charge is 2.14. The topological polar surface area (TPSA) is 3.24 Å². The highest BCUT2D eigenvalue weighted by atomic mass is 15.1. The van der Waals surface area contributed by atoms with Gasteiger partial charge in [0.1, 0.15) is 0 Å². The molecule has 0 N–H and O–H groups in total. The first-order chi connectivity index (χ1) is 9.33. The fourth-order valence-electron chi connectivity index (χ4n) is 3.03. The second-order valence-corrected chi connectivity index (χ2v) is 6.47. The van der Waals surface area contributed by atoms with Gasteiger partial charge in [0.05, 0.1) is 0 Å². The van der Waals surface area contributed by atoms with E-state index in [1.54, 1.807) is 0 Å². The minimum atomic E-state index is 0.726. The van der Waals surface area contributed by atoms with Gasteiger partial charge in [0.15, 0.2) is 0 Å². The maximum absolute atomic E-state index is 4.16. The molecule has 0 aromatic heterocycles. The van der Waals surface area contributed by atoms with E-state index in [1.165, 1.54) is 96.7 Å². The van der Waals surface area contributed by atoms with Crippen LogP contribution in [0.5, 0.6) is 0 Å². The van der Waals surface area contributed by atoms with E-state index in [1.807, 2.05) is 0 Å². The molecule has 113 valence electrons. The zero-order chi connectivity index (χ0) is 13.8. The van der Waals surface area contributed by atoms with Crippen molar-refractivity contribution in [3.8, 4) is 0 Å². The number of rotatable bonds is 11. The fourth-order valence-corrected chi connectivity index (χ4v) is 3.03. The summed E-state index contributed by atoms with van der Waals surface area (Å²) in [4.78, 5) is 2.65. The third-order valence-corrected chi connectivity index (χ3v) is 4.54. The van der Waals surface area contributed by atoms with Crippen LogP contribution < -0.4 is 0 Å². The lowest BCUT2D eigenvalue weighted by Crippen LogP contribution is -2.33. The van der Waals surface area contributed by atoms with Gasteiger partial charge in [-0.2, -0.15) is 0 Å². The number of hydrogen-bond donors (Lipinski definition) is 0. The molecule has 0 aromatic rings. The molecule has 0 unspecified atom stereocenters. The third kappa shape index (κ3) is 9.49. The van der Waals surface area contributed by atoms with Crippen LogP contribution in [0, 0.1) is 12.8 Å². The number of unbranched alkanes of at least 4 members (excludes halogenated alkanes) is 9. The first-order valence-electron chi connectivity index (χ1n) is 8.88. The van der Waals surface area contributed by atoms with E-state index in [0.717, 1.165) is 5.92 Å². The second kappa shape index (κ2) is 11.8. The van der Waals surface area contributed by atoms with Crippen molar-refractivity contribution in [3.63, 3.8) is 0 Å². The lowest BCUT2D eigenvalue weighted by atomic mass is 9.99. The summed E-state index contributed by atoms with van der Waals surface area (Å²) in [6.07, 6.45) is 17.1. The largest absolute Gasteiger partial charge is 0.303 e. The molecule has 1 heteroatoms. The molecule has 1 radical (unpaired) electrons. The summed E-state index contributed by atoms with van der Waals surface area (Å²) in [6.45, 7) is 10.4. The first kappa shape index (κ1) is 17.0. The Morgan fingerprint density at radius 2 is 1.26 bits per heavy atom. The van der Waals surface area contributed by atoms with Gasteiger partial charge in [0.25, 0.3) is 0 Å². The predicted octanol–water partition coefficient (Wildman–Crippen LogP) is 5.45. The van der Waals surface area contributed by atoms with Crippen molar-refractivity contribution in [1.82, 2.24) is 4.90 Å². The van der Waals surface area contributed by atoms with Crippen LogP contribution in [-0.4, -0.2) is 24.5 Å². The van der Waals surface area contributed by atoms with Gasteiger partial charge in [-0.3, -0.25) is 0 Å². The van der Waals surface area contributed by atoms with Crippen molar-refractivity contribution < 1.29 is 0 Å². The van der Waals surface area contributed by atoms with Crippen LogP contribution in [0.1, 0.15) is 84.0 Å². The molecule has 1 nitrogen and oxygen atoms in total. The van der Waals surface area contributed by atoms with Crippen LogP contribution in [0.25, 0.3) is 0 Å². The molecule has 0 saturated carbocycles. The van der Waals surface area contributed by atoms with Crippen LogP contribution in [-0.2, 0) is 0 Å². The minimum absolute atomic E-state index is 0.726. The van der Waals surface area contributed by atoms with E-state index < -0.39 is 0 Å². The summed E-state index contributed by atoms with van der Waals surface area (Å²) >= 11 is 0. The van der Waals surface area contributed by atoms with Crippen LogP contribution >= 0.6 is 0 Å². The summed E-state index contributed by atoms with van der Waals surface area (Å²) in [5.74, 6) is 0.726. The molecule has 19 heavy (non-hydrogen) atoms. The summed E-state index contributed by atoms with van der Waals surface area (Å²) in [7, 11) is 0. The zero-order valence-electron chi connectivity index (χ0n) is 13.3. The quantitative estimate of drug-likeness (QED) is 0.449. The SMILES string of the molecule is [CH2]C1CCN(CCCCCCCCCCCC)CC1. The highest BCUT2D eigenvalue weighted by Crippen LogP contribution is 2.16. The van der Waals surface area contributed by atoms with Gasteiger partial charge >= 0.3 is 0 Å². The van der Waals surface area contributed by atoms with Crippen LogP contribution in [0.4, 0.5) is 0 Å². The van der Waals surface area contributed by atoms with Crippen molar-refractivity contribution in [2.24, 2.45) is 5.92 Å². The van der Waals surface area contributed by atoms with Crippen LogP contribution in [0.15, 0.2) is 0 Å². The molecule has 0 aliphatic carbocycles. The van der Waals surface area contributed by atoms with Crippen molar-refractivity contribution in [2.45, 2.75) is 84.0 Å². The van der Waals surface area contributed by atoms with Crippen LogP contribution in [0.3, 0.4) is 0 Å². The molecule has 1 saturated heterocycles. The van der Waals surface area contributed by atoms with Gasteiger partial charge in [0, 0.05) is 0 Å². The van der Waals surface area contributed by atoms with Gasteiger partial charge in [0.2, 0.25) is 0 Å². The maximum Gasteiger partial charge on any atom is -0.00161 e. The van der Waals surface area contributed by atoms with E-state index in [0.29, 0.717) is 0 Å². The first-order valence-corrected chi connectivity index (χ1v) is 8.88. The predicted molar refractivity (Wildman–Crippen MR) is 86.4 cm³/mol. The lowest BCUT2D eigenvalue weighted by Gasteiger charge is -2.30. The Hall–Kier alpha value is -0.0400. The Morgan fingerprint density at radius 3 is 1.79 bits per heavy atom. The normalized spacial score (nSPS) is 18.0. The molecule has 1 aliphatic rings. The Kier molecular flexibility index (Phi) is 10.5. The van der Waals surface area contributed by atoms with Gasteiger partial charge < -0.3 is 4.90 Å². The van der Waals surface area contributed by atoms with Gasteiger partial charge in [-0.25, -0.2) is 0 Å². The van der Waals surface area contributed by atoms with Gasteiger partial charge in [-0.15, -0.1) is 0 Å². The summed E-state index contributed by atoms with van der Waals surface area (Å²) in [6, 6.07) is 0. The Balaban J connectivity index is 1.76. The summed E-state index contributed by atoms with van der Waals surface area (Å²) in [5, 5.41) is 0. The van der Waals surface area contributed by atoms with E-state index in [2.05, 4.69) is 18.7 Å². The standard InChI is InChI=1S/C18H36N/c1-3-4-5-6-7-8-9-10-11-12-15-19-16-13-18(2)14-17-19/h18H,2-17H2,1H3. The van der Waals surface area contributed by atoms with E-state index in [-0.39, 0.29) is 0 Å². The van der Waals surface area contributed by atoms with Crippen molar-refractivity contribution in [3.05, 3.63) is 6.92 Å². The second-order valence-electron chi connectivity index (χ2n) is 6.47. The smallest absolute Gasteiger partial charge is 0.00161 e. The van der Waals surface area contributed by atoms with Crippen molar-refractivity contribution in [2.75, 3.05) is 19.6 Å². The Labute approximate surface area is 122 Å². The van der Waals surface area contributed by atoms with Gasteiger partial charge in [-0.05, 0) is 44.8 Å². The molecule has 1 fully saturated rings. The van der Waals surface area contributed by atoms with E-state index >= 15 is 0 Å². The molecule has 0 bridgehead atoms. The van der Waals surface area contributed by atoms with E-state index in [4.69, 9.17) is 0 Å².